The summed E-state index contributed by atoms with van der Waals surface area (Å²) in [4.78, 5) is 24.0. The average molecular weight is 388 g/mol. The molecule has 0 unspecified atom stereocenters. The van der Waals surface area contributed by atoms with Crippen LogP contribution in [-0.2, 0) is 9.53 Å². The SMILES string of the molecule is C=C(C)COc1ccc([C@@H](CC(=O)OC)c2oc(C)cc(=O)c2O)cc1OC. The highest BCUT2D eigenvalue weighted by molar-refractivity contribution is 5.71. The molecule has 0 fully saturated rings. The van der Waals surface area contributed by atoms with E-state index in [9.17, 15) is 14.7 Å². The van der Waals surface area contributed by atoms with Crippen molar-refractivity contribution in [2.75, 3.05) is 20.8 Å². The number of esters is 1. The average Bonchev–Trinajstić information content (AvgIpc) is 2.67. The number of carbonyl (C=O) groups is 1. The second-order valence-electron chi connectivity index (χ2n) is 6.42. The molecule has 150 valence electrons. The quantitative estimate of drug-likeness (QED) is 0.547. The highest BCUT2D eigenvalue weighted by atomic mass is 16.5. The van der Waals surface area contributed by atoms with Gasteiger partial charge < -0.3 is 23.7 Å². The van der Waals surface area contributed by atoms with Gasteiger partial charge in [0.05, 0.1) is 26.6 Å². The first-order valence-electron chi connectivity index (χ1n) is 8.62. The molecule has 0 amide bonds. The lowest BCUT2D eigenvalue weighted by Gasteiger charge is -2.19. The maximum Gasteiger partial charge on any atom is 0.306 e. The van der Waals surface area contributed by atoms with E-state index in [1.54, 1.807) is 25.1 Å². The summed E-state index contributed by atoms with van der Waals surface area (Å²) < 4.78 is 21.4. The summed E-state index contributed by atoms with van der Waals surface area (Å²) in [5, 5.41) is 10.2. The third-order valence-corrected chi connectivity index (χ3v) is 4.05. The number of rotatable bonds is 8. The fourth-order valence-corrected chi connectivity index (χ4v) is 2.69. The van der Waals surface area contributed by atoms with Gasteiger partial charge >= 0.3 is 5.97 Å². The van der Waals surface area contributed by atoms with Crippen molar-refractivity contribution in [3.63, 3.8) is 0 Å². The van der Waals surface area contributed by atoms with E-state index in [2.05, 4.69) is 6.58 Å². The lowest BCUT2D eigenvalue weighted by atomic mass is 9.92. The standard InChI is InChI=1S/C21H24O7/c1-12(2)11-27-17-7-6-14(9-18(17)25-4)15(10-19(23)26-5)21-20(24)16(22)8-13(3)28-21/h6-9,15,24H,1,10-11H2,2-5H3/t15-/m1/s1. The summed E-state index contributed by atoms with van der Waals surface area (Å²) in [7, 11) is 2.76. The highest BCUT2D eigenvalue weighted by Gasteiger charge is 2.27. The maximum atomic E-state index is 12.0. The summed E-state index contributed by atoms with van der Waals surface area (Å²) in [6.45, 7) is 7.56. The lowest BCUT2D eigenvalue weighted by Crippen LogP contribution is -2.14. The molecule has 28 heavy (non-hydrogen) atoms. The number of benzene rings is 1. The Balaban J connectivity index is 2.54. The topological polar surface area (TPSA) is 95.2 Å². The normalized spacial score (nSPS) is 11.6. The van der Waals surface area contributed by atoms with E-state index >= 15 is 0 Å². The van der Waals surface area contributed by atoms with E-state index in [4.69, 9.17) is 18.6 Å². The molecule has 1 aromatic carbocycles. The zero-order chi connectivity index (χ0) is 20.8. The molecule has 0 bridgehead atoms. The largest absolute Gasteiger partial charge is 0.502 e. The van der Waals surface area contributed by atoms with E-state index in [1.807, 2.05) is 6.92 Å². The van der Waals surface area contributed by atoms with Gasteiger partial charge in [-0.15, -0.1) is 0 Å². The Hall–Kier alpha value is -3.22. The van der Waals surface area contributed by atoms with Gasteiger partial charge in [-0.3, -0.25) is 9.59 Å². The zero-order valence-electron chi connectivity index (χ0n) is 16.4. The van der Waals surface area contributed by atoms with Gasteiger partial charge in [0, 0.05) is 6.07 Å². The Morgan fingerprint density at radius 2 is 1.96 bits per heavy atom. The zero-order valence-corrected chi connectivity index (χ0v) is 16.4. The van der Waals surface area contributed by atoms with Crippen LogP contribution in [0.5, 0.6) is 17.2 Å². The van der Waals surface area contributed by atoms with Crippen LogP contribution in [0.4, 0.5) is 0 Å². The molecule has 2 aromatic rings. The molecule has 0 saturated heterocycles. The molecule has 2 rings (SSSR count). The molecule has 1 atom stereocenters. The van der Waals surface area contributed by atoms with Crippen molar-refractivity contribution in [2.45, 2.75) is 26.2 Å². The Morgan fingerprint density at radius 1 is 1.25 bits per heavy atom. The smallest absolute Gasteiger partial charge is 0.306 e. The second kappa shape index (κ2) is 9.12. The fraction of sp³-hybridized carbons (Fsp3) is 0.333. The summed E-state index contributed by atoms with van der Waals surface area (Å²) in [5.74, 6) is -0.557. The van der Waals surface area contributed by atoms with Crippen molar-refractivity contribution >= 4 is 5.97 Å². The molecule has 1 aromatic heterocycles. The van der Waals surface area contributed by atoms with Crippen molar-refractivity contribution in [3.05, 3.63) is 63.7 Å². The van der Waals surface area contributed by atoms with Crippen LogP contribution < -0.4 is 14.9 Å². The minimum absolute atomic E-state index is 0.00643. The fourth-order valence-electron chi connectivity index (χ4n) is 2.69. The van der Waals surface area contributed by atoms with E-state index in [-0.39, 0.29) is 12.2 Å². The number of hydrogen-bond donors (Lipinski definition) is 1. The van der Waals surface area contributed by atoms with Gasteiger partial charge in [-0.2, -0.15) is 0 Å². The lowest BCUT2D eigenvalue weighted by molar-refractivity contribution is -0.140. The van der Waals surface area contributed by atoms with Gasteiger partial charge in [-0.05, 0) is 37.1 Å². The van der Waals surface area contributed by atoms with E-state index in [0.29, 0.717) is 29.4 Å². The Bertz CT molecular complexity index is 927. The molecule has 7 heteroatoms. The van der Waals surface area contributed by atoms with Crippen LogP contribution in [0.2, 0.25) is 0 Å². The Labute approximate surface area is 163 Å². The first-order chi connectivity index (χ1) is 13.3. The summed E-state index contributed by atoms with van der Waals surface area (Å²) in [6.07, 6.45) is -0.133. The number of hydrogen-bond acceptors (Lipinski definition) is 7. The molecule has 0 spiro atoms. The molecule has 1 heterocycles. The molecular formula is C21H24O7. The van der Waals surface area contributed by atoms with Gasteiger partial charge in [0.1, 0.15) is 12.4 Å². The Morgan fingerprint density at radius 3 is 2.57 bits per heavy atom. The van der Waals surface area contributed by atoms with Crippen LogP contribution in [0, 0.1) is 6.92 Å². The third-order valence-electron chi connectivity index (χ3n) is 4.05. The number of aromatic hydroxyl groups is 1. The number of carbonyl (C=O) groups excluding carboxylic acids is 1. The van der Waals surface area contributed by atoms with Crippen LogP contribution in [0.3, 0.4) is 0 Å². The monoisotopic (exact) mass is 388 g/mol. The van der Waals surface area contributed by atoms with E-state index in [0.717, 1.165) is 5.57 Å². The molecule has 7 nitrogen and oxygen atoms in total. The van der Waals surface area contributed by atoms with Gasteiger partial charge in [-0.1, -0.05) is 12.6 Å². The van der Waals surface area contributed by atoms with E-state index < -0.39 is 23.1 Å². The van der Waals surface area contributed by atoms with Crippen LogP contribution in [0.15, 0.2) is 45.6 Å². The highest BCUT2D eigenvalue weighted by Crippen LogP contribution is 2.37. The molecule has 0 saturated carbocycles. The van der Waals surface area contributed by atoms with Crippen LogP contribution in [0.1, 0.15) is 36.3 Å². The minimum Gasteiger partial charge on any atom is -0.502 e. The molecule has 0 aliphatic heterocycles. The number of ether oxygens (including phenoxy) is 3. The molecule has 0 aliphatic rings. The first-order valence-corrected chi connectivity index (χ1v) is 8.62. The van der Waals surface area contributed by atoms with Crippen molar-refractivity contribution in [2.24, 2.45) is 0 Å². The van der Waals surface area contributed by atoms with Crippen molar-refractivity contribution < 1.29 is 28.5 Å². The predicted octanol–water partition coefficient (Wildman–Crippen LogP) is 3.31. The molecule has 0 radical (unpaired) electrons. The van der Waals surface area contributed by atoms with E-state index in [1.165, 1.54) is 20.3 Å². The van der Waals surface area contributed by atoms with Gasteiger partial charge in [0.15, 0.2) is 17.3 Å². The maximum absolute atomic E-state index is 12.0. The minimum atomic E-state index is -0.746. The summed E-state index contributed by atoms with van der Waals surface area (Å²) >= 11 is 0. The van der Waals surface area contributed by atoms with Crippen molar-refractivity contribution in [3.8, 4) is 17.2 Å². The van der Waals surface area contributed by atoms with Crippen LogP contribution >= 0.6 is 0 Å². The second-order valence-corrected chi connectivity index (χ2v) is 6.42. The van der Waals surface area contributed by atoms with Crippen molar-refractivity contribution in [1.29, 1.82) is 0 Å². The number of methoxy groups -OCH3 is 2. The number of aryl methyl sites for hydroxylation is 1. The van der Waals surface area contributed by atoms with Crippen LogP contribution in [0.25, 0.3) is 0 Å². The van der Waals surface area contributed by atoms with Crippen molar-refractivity contribution in [1.82, 2.24) is 0 Å². The summed E-state index contributed by atoms with van der Waals surface area (Å²) in [6, 6.07) is 6.25. The molecule has 0 aliphatic carbocycles. The van der Waals surface area contributed by atoms with Gasteiger partial charge in [0.25, 0.3) is 0 Å². The predicted molar refractivity (Wildman–Crippen MR) is 103 cm³/mol. The molecule has 1 N–H and O–H groups in total. The van der Waals surface area contributed by atoms with Gasteiger partial charge in [0.2, 0.25) is 11.2 Å². The van der Waals surface area contributed by atoms with Gasteiger partial charge in [-0.25, -0.2) is 0 Å². The first kappa shape index (κ1) is 21.1. The Kier molecular flexibility index (Phi) is 6.87. The molecular weight excluding hydrogens is 364 g/mol. The third kappa shape index (κ3) is 4.94. The summed E-state index contributed by atoms with van der Waals surface area (Å²) in [5.41, 5.74) is 0.858. The van der Waals surface area contributed by atoms with Crippen LogP contribution in [-0.4, -0.2) is 31.9 Å².